The number of hydrogen-bond acceptors (Lipinski definition) is 6. The van der Waals surface area contributed by atoms with Crippen LogP contribution in [0.4, 0.5) is 14.5 Å². The molecule has 3 aromatic rings. The number of nitrogens with zero attached hydrogens (tertiary/aromatic N) is 3. The first-order valence-electron chi connectivity index (χ1n) is 9.54. The van der Waals surface area contributed by atoms with Crippen molar-refractivity contribution in [3.8, 4) is 5.75 Å². The molecule has 0 unspecified atom stereocenters. The van der Waals surface area contributed by atoms with Crippen LogP contribution in [-0.2, 0) is 11.4 Å². The van der Waals surface area contributed by atoms with Crippen LogP contribution in [0.5, 0.6) is 5.75 Å². The van der Waals surface area contributed by atoms with Gasteiger partial charge in [0, 0.05) is 11.8 Å². The molecule has 164 valence electrons. The summed E-state index contributed by atoms with van der Waals surface area (Å²) < 4.78 is 33.6. The van der Waals surface area contributed by atoms with E-state index in [1.54, 1.807) is 0 Å². The number of hydrogen-bond donors (Lipinski definition) is 2. The average Bonchev–Trinajstić information content (AvgIpc) is 3.03. The second-order valence-corrected chi connectivity index (χ2v) is 8.19. The van der Waals surface area contributed by atoms with Gasteiger partial charge in [0.1, 0.15) is 24.0 Å². The van der Waals surface area contributed by atoms with Gasteiger partial charge in [-0.1, -0.05) is 37.7 Å². The summed E-state index contributed by atoms with van der Waals surface area (Å²) in [5.74, 6) is 5.40. The molecule has 7 nitrogen and oxygen atoms in total. The quantitative estimate of drug-likeness (QED) is 0.400. The van der Waals surface area contributed by atoms with E-state index in [4.69, 9.17) is 10.6 Å². The number of carbonyl (C=O) groups excluding carboxylic acids is 1. The van der Waals surface area contributed by atoms with Crippen molar-refractivity contribution in [2.45, 2.75) is 38.5 Å². The number of amides is 1. The predicted octanol–water partition coefficient (Wildman–Crippen LogP) is 4.01. The molecule has 0 aliphatic carbocycles. The molecule has 1 aromatic heterocycles. The molecule has 0 spiro atoms. The van der Waals surface area contributed by atoms with Crippen molar-refractivity contribution in [3.63, 3.8) is 0 Å². The Kier molecular flexibility index (Phi) is 7.11. The summed E-state index contributed by atoms with van der Waals surface area (Å²) in [6.07, 6.45) is 0. The lowest BCUT2D eigenvalue weighted by molar-refractivity contribution is -0.113. The van der Waals surface area contributed by atoms with Gasteiger partial charge in [-0.25, -0.2) is 13.5 Å². The zero-order valence-electron chi connectivity index (χ0n) is 17.4. The zero-order chi connectivity index (χ0) is 22.5. The highest BCUT2D eigenvalue weighted by Gasteiger charge is 2.15. The number of nitrogens with one attached hydrogen (secondary N) is 1. The predicted molar refractivity (Wildman–Crippen MR) is 115 cm³/mol. The van der Waals surface area contributed by atoms with Crippen molar-refractivity contribution in [2.24, 2.45) is 0 Å². The zero-order valence-corrected chi connectivity index (χ0v) is 18.2. The molecule has 2 aromatic carbocycles. The summed E-state index contributed by atoms with van der Waals surface area (Å²) in [5.41, 5.74) is 2.19. The maximum atomic E-state index is 13.2. The van der Waals surface area contributed by atoms with Crippen molar-refractivity contribution in [3.05, 3.63) is 65.0 Å². The third-order valence-corrected chi connectivity index (χ3v) is 5.30. The molecule has 0 radical (unpaired) electrons. The number of ether oxygens (including phenoxy) is 1. The van der Waals surface area contributed by atoms with Crippen molar-refractivity contribution >= 4 is 23.4 Å². The summed E-state index contributed by atoms with van der Waals surface area (Å²) in [5, 5.41) is 10.7. The van der Waals surface area contributed by atoms with Gasteiger partial charge in [0.25, 0.3) is 0 Å². The Morgan fingerprint density at radius 2 is 1.90 bits per heavy atom. The average molecular weight is 448 g/mol. The molecule has 3 rings (SSSR count). The molecule has 0 aliphatic heterocycles. The van der Waals surface area contributed by atoms with E-state index < -0.39 is 17.5 Å². The number of halogens is 2. The molecular formula is C21H23F2N5O2S. The molecule has 0 bridgehead atoms. The molecular weight excluding hydrogens is 424 g/mol. The monoisotopic (exact) mass is 447 g/mol. The first-order chi connectivity index (χ1) is 14.7. The van der Waals surface area contributed by atoms with Crippen LogP contribution in [0.25, 0.3) is 0 Å². The van der Waals surface area contributed by atoms with Crippen LogP contribution in [0.3, 0.4) is 0 Å². The van der Waals surface area contributed by atoms with E-state index in [1.807, 2.05) is 25.1 Å². The van der Waals surface area contributed by atoms with Crippen LogP contribution in [0.2, 0.25) is 0 Å². The van der Waals surface area contributed by atoms with Crippen molar-refractivity contribution in [1.29, 1.82) is 0 Å². The Morgan fingerprint density at radius 1 is 1.19 bits per heavy atom. The van der Waals surface area contributed by atoms with Crippen LogP contribution < -0.4 is 15.9 Å². The number of aryl methyl sites for hydroxylation is 1. The second kappa shape index (κ2) is 9.78. The Labute approximate surface area is 183 Å². The van der Waals surface area contributed by atoms with Gasteiger partial charge in [-0.3, -0.25) is 4.79 Å². The summed E-state index contributed by atoms with van der Waals surface area (Å²) in [6.45, 7) is 6.27. The summed E-state index contributed by atoms with van der Waals surface area (Å²) in [6, 6.07) is 8.82. The Balaban J connectivity index is 1.59. The van der Waals surface area contributed by atoms with E-state index in [0.29, 0.717) is 16.9 Å². The minimum Gasteiger partial charge on any atom is -0.485 e. The number of nitrogens with two attached hydrogens (primary N) is 1. The van der Waals surface area contributed by atoms with Gasteiger partial charge in [0.15, 0.2) is 5.82 Å². The molecule has 10 heteroatoms. The van der Waals surface area contributed by atoms with Crippen LogP contribution in [-0.4, -0.2) is 26.5 Å². The molecule has 1 heterocycles. The molecule has 0 saturated heterocycles. The maximum absolute atomic E-state index is 13.2. The molecule has 3 N–H and O–H groups in total. The van der Waals surface area contributed by atoms with Crippen LogP contribution in [0.15, 0.2) is 41.6 Å². The summed E-state index contributed by atoms with van der Waals surface area (Å²) in [4.78, 5) is 12.1. The maximum Gasteiger partial charge on any atom is 0.234 e. The molecule has 0 atom stereocenters. The van der Waals surface area contributed by atoms with Gasteiger partial charge in [-0.2, -0.15) is 0 Å². The number of rotatable bonds is 8. The fourth-order valence-corrected chi connectivity index (χ4v) is 3.52. The van der Waals surface area contributed by atoms with E-state index in [9.17, 15) is 13.6 Å². The Morgan fingerprint density at radius 3 is 2.58 bits per heavy atom. The van der Waals surface area contributed by atoms with E-state index >= 15 is 0 Å². The van der Waals surface area contributed by atoms with E-state index in [0.717, 1.165) is 46.8 Å². The minimum absolute atomic E-state index is 0.0329. The Bertz CT molecular complexity index is 1070. The molecule has 0 aliphatic rings. The second-order valence-electron chi connectivity index (χ2n) is 7.25. The molecule has 0 fully saturated rings. The van der Waals surface area contributed by atoms with E-state index in [1.165, 1.54) is 4.68 Å². The Hall–Kier alpha value is -3.14. The SMILES string of the molecule is Cc1ccc(C(C)C)c(OCc2nnc(SCC(=O)Nc3cc(F)cc(F)c3)n2N)c1. The molecule has 31 heavy (non-hydrogen) atoms. The number of thioether (sulfide) groups is 1. The highest BCUT2D eigenvalue weighted by molar-refractivity contribution is 7.99. The first-order valence-corrected chi connectivity index (χ1v) is 10.5. The lowest BCUT2D eigenvalue weighted by atomic mass is 10.0. The normalized spacial score (nSPS) is 11.0. The number of benzene rings is 2. The fraction of sp³-hybridized carbons (Fsp3) is 0.286. The third kappa shape index (κ3) is 5.94. The third-order valence-electron chi connectivity index (χ3n) is 4.36. The van der Waals surface area contributed by atoms with Crippen molar-refractivity contribution in [2.75, 3.05) is 16.9 Å². The van der Waals surface area contributed by atoms with Crippen LogP contribution in [0, 0.1) is 18.6 Å². The van der Waals surface area contributed by atoms with Crippen LogP contribution in [0.1, 0.15) is 36.7 Å². The fourth-order valence-electron chi connectivity index (χ4n) is 2.84. The summed E-state index contributed by atoms with van der Waals surface area (Å²) >= 11 is 1.05. The van der Waals surface area contributed by atoms with Gasteiger partial charge in [0.2, 0.25) is 11.1 Å². The minimum atomic E-state index is -0.775. The van der Waals surface area contributed by atoms with Crippen LogP contribution >= 0.6 is 11.8 Å². The topological polar surface area (TPSA) is 95.1 Å². The highest BCUT2D eigenvalue weighted by Crippen LogP contribution is 2.28. The summed E-state index contributed by atoms with van der Waals surface area (Å²) in [7, 11) is 0. The van der Waals surface area contributed by atoms with E-state index in [-0.39, 0.29) is 18.0 Å². The number of nitrogen functional groups attached to an aromatic ring is 1. The van der Waals surface area contributed by atoms with Gasteiger partial charge in [0.05, 0.1) is 5.75 Å². The number of carbonyl (C=O) groups is 1. The van der Waals surface area contributed by atoms with Crippen molar-refractivity contribution < 1.29 is 18.3 Å². The van der Waals surface area contributed by atoms with Crippen molar-refractivity contribution in [1.82, 2.24) is 14.9 Å². The largest absolute Gasteiger partial charge is 0.485 e. The molecule has 0 saturated carbocycles. The van der Waals surface area contributed by atoms with Gasteiger partial charge >= 0.3 is 0 Å². The number of anilines is 1. The lowest BCUT2D eigenvalue weighted by Gasteiger charge is -2.14. The standard InChI is InChI=1S/C21H23F2N5O2S/c1-12(2)17-5-4-13(3)6-18(17)30-10-19-26-27-21(28(19)24)31-11-20(29)25-16-8-14(22)7-15(23)9-16/h4-9,12H,10-11,24H2,1-3H3,(H,25,29). The molecule has 1 amide bonds. The highest BCUT2D eigenvalue weighted by atomic mass is 32.2. The number of aromatic nitrogens is 3. The smallest absolute Gasteiger partial charge is 0.234 e. The first kappa shape index (κ1) is 22.5. The van der Waals surface area contributed by atoms with E-state index in [2.05, 4.69) is 29.4 Å². The van der Waals surface area contributed by atoms with Gasteiger partial charge in [-0.15, -0.1) is 10.2 Å². The van der Waals surface area contributed by atoms with Gasteiger partial charge < -0.3 is 15.9 Å². The van der Waals surface area contributed by atoms with Gasteiger partial charge in [-0.05, 0) is 42.2 Å². The lowest BCUT2D eigenvalue weighted by Crippen LogP contribution is -2.18.